The fourth-order valence-electron chi connectivity index (χ4n) is 1.02. The summed E-state index contributed by atoms with van der Waals surface area (Å²) in [6.45, 7) is 1.81. The summed E-state index contributed by atoms with van der Waals surface area (Å²) in [6, 6.07) is 6.20. The molecule has 0 unspecified atom stereocenters. The van der Waals surface area contributed by atoms with E-state index in [4.69, 9.17) is 5.73 Å². The fraction of sp³-hybridized carbons (Fsp3) is 0.182. The van der Waals surface area contributed by atoms with Crippen LogP contribution in [0.25, 0.3) is 0 Å². The number of alkyl halides is 3. The number of carbonyl (C=O) groups is 1. The lowest BCUT2D eigenvalue weighted by molar-refractivity contribution is -0.0927. The summed E-state index contributed by atoms with van der Waals surface area (Å²) in [7, 11) is 0. The second kappa shape index (κ2) is 4.38. The average Bonchev–Trinajstić information content (AvgIpc) is 2.17. The zero-order chi connectivity index (χ0) is 12.3. The minimum Gasteiger partial charge on any atom is -0.395 e. The van der Waals surface area contributed by atoms with Gasteiger partial charge in [0.15, 0.2) is 5.78 Å². The zero-order valence-corrected chi connectivity index (χ0v) is 8.51. The van der Waals surface area contributed by atoms with E-state index in [1.165, 1.54) is 12.1 Å². The molecule has 0 bridgehead atoms. The van der Waals surface area contributed by atoms with Crippen molar-refractivity contribution in [2.45, 2.75) is 13.1 Å². The maximum absolute atomic E-state index is 12.0. The smallest absolute Gasteiger partial charge is 0.395 e. The van der Waals surface area contributed by atoms with Gasteiger partial charge in [0, 0.05) is 11.6 Å². The van der Waals surface area contributed by atoms with Gasteiger partial charge in [0.05, 0.1) is 0 Å². The Labute approximate surface area is 90.6 Å². The van der Waals surface area contributed by atoms with Gasteiger partial charge in [-0.15, -0.1) is 0 Å². The highest BCUT2D eigenvalue weighted by atomic mass is 19.4. The monoisotopic (exact) mass is 229 g/mol. The third-order valence-electron chi connectivity index (χ3n) is 1.95. The Kier molecular flexibility index (Phi) is 3.37. The number of halogens is 3. The maximum Gasteiger partial charge on any atom is 0.430 e. The molecule has 0 heterocycles. The molecule has 0 aromatic heterocycles. The molecule has 1 aromatic rings. The van der Waals surface area contributed by atoms with Gasteiger partial charge < -0.3 is 5.73 Å². The first kappa shape index (κ1) is 12.3. The van der Waals surface area contributed by atoms with E-state index in [1.807, 2.05) is 6.92 Å². The Bertz CT molecular complexity index is 418. The zero-order valence-electron chi connectivity index (χ0n) is 8.51. The summed E-state index contributed by atoms with van der Waals surface area (Å²) >= 11 is 0. The molecule has 0 atom stereocenters. The molecule has 1 aromatic carbocycles. The molecule has 0 amide bonds. The third kappa shape index (κ3) is 3.12. The maximum atomic E-state index is 12.0. The van der Waals surface area contributed by atoms with Crippen LogP contribution in [0.2, 0.25) is 0 Å². The molecule has 2 nitrogen and oxygen atoms in total. The van der Waals surface area contributed by atoms with Crippen LogP contribution in [0.1, 0.15) is 15.9 Å². The molecule has 0 saturated heterocycles. The quantitative estimate of drug-likeness (QED) is 0.625. The van der Waals surface area contributed by atoms with E-state index >= 15 is 0 Å². The lowest BCUT2D eigenvalue weighted by atomic mass is 10.1. The van der Waals surface area contributed by atoms with Crippen molar-refractivity contribution in [1.82, 2.24) is 0 Å². The van der Waals surface area contributed by atoms with Crippen LogP contribution in [0.3, 0.4) is 0 Å². The number of nitrogens with two attached hydrogens (primary N) is 1. The molecule has 0 saturated carbocycles. The fourth-order valence-corrected chi connectivity index (χ4v) is 1.02. The summed E-state index contributed by atoms with van der Waals surface area (Å²) in [5.41, 5.74) is 4.44. The van der Waals surface area contributed by atoms with E-state index in [0.717, 1.165) is 5.56 Å². The highest BCUT2D eigenvalue weighted by Crippen LogP contribution is 2.21. The normalized spacial score (nSPS) is 12.6. The van der Waals surface area contributed by atoms with Crippen molar-refractivity contribution >= 4 is 5.78 Å². The lowest BCUT2D eigenvalue weighted by Gasteiger charge is -2.05. The van der Waals surface area contributed by atoms with Gasteiger partial charge in [-0.3, -0.25) is 4.79 Å². The van der Waals surface area contributed by atoms with Gasteiger partial charge in [-0.05, 0) is 6.92 Å². The van der Waals surface area contributed by atoms with Crippen LogP contribution >= 0.6 is 0 Å². The minimum absolute atomic E-state index is 0.179. The molecule has 0 spiro atoms. The molecule has 1 rings (SSSR count). The second-order valence-electron chi connectivity index (χ2n) is 3.33. The summed E-state index contributed by atoms with van der Waals surface area (Å²) in [5.74, 6) is -0.755. The van der Waals surface area contributed by atoms with Crippen LogP contribution in [0.15, 0.2) is 36.0 Å². The van der Waals surface area contributed by atoms with E-state index in [9.17, 15) is 18.0 Å². The Balaban J connectivity index is 2.92. The number of hydrogen-bond donors (Lipinski definition) is 1. The average molecular weight is 229 g/mol. The largest absolute Gasteiger partial charge is 0.430 e. The van der Waals surface area contributed by atoms with Gasteiger partial charge >= 0.3 is 6.18 Å². The number of aryl methyl sites for hydroxylation is 1. The van der Waals surface area contributed by atoms with E-state index in [1.54, 1.807) is 12.1 Å². The van der Waals surface area contributed by atoms with Crippen molar-refractivity contribution in [2.75, 3.05) is 0 Å². The predicted octanol–water partition coefficient (Wildman–Crippen LogP) is 2.58. The van der Waals surface area contributed by atoms with Gasteiger partial charge in [0.2, 0.25) is 0 Å². The van der Waals surface area contributed by atoms with Gasteiger partial charge in [-0.2, -0.15) is 13.2 Å². The Morgan fingerprint density at radius 2 is 1.75 bits per heavy atom. The topological polar surface area (TPSA) is 43.1 Å². The standard InChI is InChI=1S/C11H10F3NO/c1-7-2-4-8(5-3-7)9(16)6-10(15)11(12,13)14/h2-6H,15H2,1H3/b10-6+. The van der Waals surface area contributed by atoms with Crippen molar-refractivity contribution in [1.29, 1.82) is 0 Å². The molecule has 0 aliphatic heterocycles. The van der Waals surface area contributed by atoms with E-state index in [2.05, 4.69) is 0 Å². The number of allylic oxidation sites excluding steroid dienone is 2. The van der Waals surface area contributed by atoms with E-state index < -0.39 is 17.7 Å². The van der Waals surface area contributed by atoms with Gasteiger partial charge in [-0.25, -0.2) is 0 Å². The van der Waals surface area contributed by atoms with Gasteiger partial charge in [0.1, 0.15) is 5.70 Å². The molecule has 2 N–H and O–H groups in total. The van der Waals surface area contributed by atoms with Crippen molar-refractivity contribution in [3.8, 4) is 0 Å². The molecule has 5 heteroatoms. The van der Waals surface area contributed by atoms with Crippen LogP contribution in [0.5, 0.6) is 0 Å². The Morgan fingerprint density at radius 1 is 1.25 bits per heavy atom. The van der Waals surface area contributed by atoms with Crippen molar-refractivity contribution in [2.24, 2.45) is 5.73 Å². The molecular formula is C11H10F3NO. The highest BCUT2D eigenvalue weighted by Gasteiger charge is 2.32. The molecular weight excluding hydrogens is 219 g/mol. The van der Waals surface area contributed by atoms with E-state index in [-0.39, 0.29) is 5.56 Å². The summed E-state index contributed by atoms with van der Waals surface area (Å²) in [5, 5.41) is 0. The SMILES string of the molecule is Cc1ccc(C(=O)/C=C(/N)C(F)(F)F)cc1. The summed E-state index contributed by atoms with van der Waals surface area (Å²) < 4.78 is 36.1. The first-order chi connectivity index (χ1) is 7.30. The molecule has 86 valence electrons. The highest BCUT2D eigenvalue weighted by molar-refractivity contribution is 6.04. The number of benzene rings is 1. The van der Waals surface area contributed by atoms with E-state index in [0.29, 0.717) is 6.08 Å². The van der Waals surface area contributed by atoms with Crippen LogP contribution in [-0.4, -0.2) is 12.0 Å². The third-order valence-corrected chi connectivity index (χ3v) is 1.95. The van der Waals surface area contributed by atoms with Gasteiger partial charge in [-0.1, -0.05) is 29.8 Å². The van der Waals surface area contributed by atoms with Crippen LogP contribution < -0.4 is 5.73 Å². The van der Waals surface area contributed by atoms with Gasteiger partial charge in [0.25, 0.3) is 0 Å². The molecule has 0 aliphatic carbocycles. The van der Waals surface area contributed by atoms with Crippen molar-refractivity contribution in [3.05, 3.63) is 47.2 Å². The molecule has 16 heavy (non-hydrogen) atoms. The number of hydrogen-bond acceptors (Lipinski definition) is 2. The van der Waals surface area contributed by atoms with Crippen LogP contribution in [-0.2, 0) is 0 Å². The number of carbonyl (C=O) groups excluding carboxylic acids is 1. The number of ketones is 1. The van der Waals surface area contributed by atoms with Crippen LogP contribution in [0, 0.1) is 6.92 Å². The minimum atomic E-state index is -4.67. The molecule has 0 aliphatic rings. The first-order valence-electron chi connectivity index (χ1n) is 4.46. The summed E-state index contributed by atoms with van der Waals surface area (Å²) in [6.07, 6.45) is -4.27. The Morgan fingerprint density at radius 3 is 2.19 bits per heavy atom. The lowest BCUT2D eigenvalue weighted by Crippen LogP contribution is -2.20. The first-order valence-corrected chi connectivity index (χ1v) is 4.46. The Hall–Kier alpha value is -1.78. The van der Waals surface area contributed by atoms with Crippen LogP contribution in [0.4, 0.5) is 13.2 Å². The predicted molar refractivity (Wildman–Crippen MR) is 53.8 cm³/mol. The second-order valence-corrected chi connectivity index (χ2v) is 3.33. The van der Waals surface area contributed by atoms with Crippen molar-refractivity contribution < 1.29 is 18.0 Å². The van der Waals surface area contributed by atoms with Crippen molar-refractivity contribution in [3.63, 3.8) is 0 Å². The number of rotatable bonds is 2. The molecule has 0 fully saturated rings. The molecule has 0 radical (unpaired) electrons. The summed E-state index contributed by atoms with van der Waals surface area (Å²) in [4.78, 5) is 11.4.